The summed E-state index contributed by atoms with van der Waals surface area (Å²) >= 11 is 0. The molecule has 0 radical (unpaired) electrons. The number of amides is 1. The lowest BCUT2D eigenvalue weighted by Crippen LogP contribution is -2.46. The minimum absolute atomic E-state index is 0.167. The van der Waals surface area contributed by atoms with Crippen LogP contribution in [0.3, 0.4) is 0 Å². The summed E-state index contributed by atoms with van der Waals surface area (Å²) < 4.78 is 0. The molecule has 9 heteroatoms. The van der Waals surface area contributed by atoms with Gasteiger partial charge in [0.25, 0.3) is 5.91 Å². The van der Waals surface area contributed by atoms with E-state index in [0.717, 1.165) is 49.9 Å². The number of aryl methyl sites for hydroxylation is 1. The molecular weight excluding hydrogens is 380 g/mol. The topological polar surface area (TPSA) is 102 Å². The van der Waals surface area contributed by atoms with Crippen molar-refractivity contribution in [1.29, 1.82) is 0 Å². The summed E-state index contributed by atoms with van der Waals surface area (Å²) in [4.78, 5) is 32.4. The van der Waals surface area contributed by atoms with Gasteiger partial charge in [-0.2, -0.15) is 0 Å². The first-order valence-corrected chi connectivity index (χ1v) is 10.00. The van der Waals surface area contributed by atoms with E-state index in [1.54, 1.807) is 25.5 Å². The number of nitrogens with one attached hydrogen (secondary N) is 3. The molecule has 3 aromatic heterocycles. The highest BCUT2D eigenvalue weighted by molar-refractivity contribution is 5.92. The molecule has 1 fully saturated rings. The van der Waals surface area contributed by atoms with Crippen molar-refractivity contribution < 1.29 is 4.79 Å². The molecule has 9 nitrogen and oxygen atoms in total. The van der Waals surface area contributed by atoms with Gasteiger partial charge in [-0.25, -0.2) is 15.0 Å². The molecule has 4 heterocycles. The Bertz CT molecular complexity index is 992. The molecule has 0 atom stereocenters. The van der Waals surface area contributed by atoms with Crippen molar-refractivity contribution >= 4 is 23.4 Å². The minimum atomic E-state index is -0.167. The molecule has 156 valence electrons. The minimum Gasteiger partial charge on any atom is -0.368 e. The van der Waals surface area contributed by atoms with Crippen molar-refractivity contribution in [2.75, 3.05) is 43.4 Å². The molecule has 0 spiro atoms. The summed E-state index contributed by atoms with van der Waals surface area (Å²) in [6, 6.07) is 7.84. The molecule has 0 unspecified atom stereocenters. The second-order valence-corrected chi connectivity index (χ2v) is 7.33. The van der Waals surface area contributed by atoms with Gasteiger partial charge < -0.3 is 20.5 Å². The van der Waals surface area contributed by atoms with Crippen LogP contribution in [0.2, 0.25) is 0 Å². The Morgan fingerprint density at radius 2 is 1.93 bits per heavy atom. The van der Waals surface area contributed by atoms with Crippen LogP contribution < -0.4 is 15.5 Å². The molecule has 30 heavy (non-hydrogen) atoms. The van der Waals surface area contributed by atoms with Gasteiger partial charge in [-0.3, -0.25) is 9.69 Å². The van der Waals surface area contributed by atoms with Crippen molar-refractivity contribution in [1.82, 2.24) is 30.2 Å². The van der Waals surface area contributed by atoms with Crippen LogP contribution in [0, 0.1) is 6.92 Å². The van der Waals surface area contributed by atoms with Gasteiger partial charge in [0.1, 0.15) is 11.5 Å². The van der Waals surface area contributed by atoms with E-state index in [4.69, 9.17) is 0 Å². The number of hydrogen-bond acceptors (Lipinski definition) is 7. The lowest BCUT2D eigenvalue weighted by molar-refractivity contribution is 0.0958. The van der Waals surface area contributed by atoms with Crippen molar-refractivity contribution in [2.24, 2.45) is 0 Å². The van der Waals surface area contributed by atoms with E-state index in [1.807, 2.05) is 25.3 Å². The van der Waals surface area contributed by atoms with Crippen LogP contribution in [-0.2, 0) is 6.54 Å². The smallest absolute Gasteiger partial charge is 0.269 e. The number of anilines is 3. The molecule has 1 amide bonds. The number of H-pyrrole nitrogens is 1. The van der Waals surface area contributed by atoms with Crippen LogP contribution in [0.25, 0.3) is 0 Å². The van der Waals surface area contributed by atoms with Crippen LogP contribution in [0.5, 0.6) is 0 Å². The molecule has 0 aromatic carbocycles. The van der Waals surface area contributed by atoms with Crippen LogP contribution in [0.4, 0.5) is 17.5 Å². The number of aromatic amines is 1. The third-order valence-electron chi connectivity index (χ3n) is 5.12. The first-order chi connectivity index (χ1) is 14.6. The first kappa shape index (κ1) is 19.8. The predicted octanol–water partition coefficient (Wildman–Crippen LogP) is 1.93. The predicted molar refractivity (Wildman–Crippen MR) is 116 cm³/mol. The second-order valence-electron chi connectivity index (χ2n) is 7.33. The number of aromatic nitrogens is 4. The van der Waals surface area contributed by atoms with Crippen LogP contribution in [0.1, 0.15) is 21.7 Å². The van der Waals surface area contributed by atoms with Crippen molar-refractivity contribution in [2.45, 2.75) is 13.5 Å². The summed E-state index contributed by atoms with van der Waals surface area (Å²) in [5.41, 5.74) is 3.70. The summed E-state index contributed by atoms with van der Waals surface area (Å²) in [7, 11) is 1.61. The second kappa shape index (κ2) is 8.91. The zero-order valence-electron chi connectivity index (χ0n) is 17.2. The summed E-state index contributed by atoms with van der Waals surface area (Å²) in [5, 5.41) is 5.80. The average molecular weight is 406 g/mol. The molecule has 3 N–H and O–H groups in total. The fourth-order valence-corrected chi connectivity index (χ4v) is 3.50. The number of hydrogen-bond donors (Lipinski definition) is 3. The van der Waals surface area contributed by atoms with E-state index in [2.05, 4.69) is 46.4 Å². The Balaban J connectivity index is 1.31. The number of carbonyl (C=O) groups excluding carboxylic acids is 1. The lowest BCUT2D eigenvalue weighted by atomic mass is 10.2. The molecular formula is C21H26N8O. The first-order valence-electron chi connectivity index (χ1n) is 10.00. The van der Waals surface area contributed by atoms with Gasteiger partial charge in [-0.1, -0.05) is 0 Å². The Labute approximate surface area is 175 Å². The Morgan fingerprint density at radius 1 is 1.10 bits per heavy atom. The Morgan fingerprint density at radius 3 is 2.60 bits per heavy atom. The average Bonchev–Trinajstić information content (AvgIpc) is 3.18. The van der Waals surface area contributed by atoms with Gasteiger partial charge in [0.15, 0.2) is 0 Å². The summed E-state index contributed by atoms with van der Waals surface area (Å²) in [5.74, 6) is 1.31. The van der Waals surface area contributed by atoms with E-state index in [9.17, 15) is 4.79 Å². The van der Waals surface area contributed by atoms with E-state index in [-0.39, 0.29) is 5.91 Å². The van der Waals surface area contributed by atoms with Gasteiger partial charge in [-0.15, -0.1) is 0 Å². The Hall–Kier alpha value is -3.46. The number of piperazine rings is 1. The fourth-order valence-electron chi connectivity index (χ4n) is 3.50. The number of pyridine rings is 2. The highest BCUT2D eigenvalue weighted by Gasteiger charge is 2.18. The Kier molecular flexibility index (Phi) is 5.89. The number of nitrogens with zero attached hydrogens (tertiary/aromatic N) is 5. The molecule has 4 rings (SSSR count). The molecule has 0 aliphatic carbocycles. The lowest BCUT2D eigenvalue weighted by Gasteiger charge is -2.36. The fraction of sp³-hybridized carbons (Fsp3) is 0.333. The number of imidazole rings is 1. The van der Waals surface area contributed by atoms with E-state index in [1.165, 1.54) is 5.56 Å². The van der Waals surface area contributed by atoms with Crippen molar-refractivity contribution in [3.8, 4) is 0 Å². The zero-order valence-corrected chi connectivity index (χ0v) is 17.2. The number of carbonyl (C=O) groups is 1. The quantitative estimate of drug-likeness (QED) is 0.575. The molecule has 1 saturated heterocycles. The van der Waals surface area contributed by atoms with Gasteiger partial charge in [0.05, 0.1) is 11.9 Å². The van der Waals surface area contributed by atoms with Gasteiger partial charge in [0.2, 0.25) is 5.95 Å². The summed E-state index contributed by atoms with van der Waals surface area (Å²) in [6.45, 7) is 6.59. The monoisotopic (exact) mass is 406 g/mol. The highest BCUT2D eigenvalue weighted by atomic mass is 16.1. The molecule has 3 aromatic rings. The van der Waals surface area contributed by atoms with Crippen molar-refractivity contribution in [3.05, 3.63) is 59.8 Å². The van der Waals surface area contributed by atoms with Gasteiger partial charge >= 0.3 is 0 Å². The SMILES string of the molecule is CNC(=O)c1ccc(N2CCN(Cc3ccnc(Nc4ncc(C)[nH]4)c3)CC2)cn1. The third kappa shape index (κ3) is 4.74. The maximum Gasteiger partial charge on any atom is 0.269 e. The molecule has 1 aliphatic rings. The third-order valence-corrected chi connectivity index (χ3v) is 5.12. The summed E-state index contributed by atoms with van der Waals surface area (Å²) in [6.07, 6.45) is 5.38. The highest BCUT2D eigenvalue weighted by Crippen LogP contribution is 2.18. The van der Waals surface area contributed by atoms with Crippen LogP contribution >= 0.6 is 0 Å². The maximum absolute atomic E-state index is 11.6. The van der Waals surface area contributed by atoms with Crippen molar-refractivity contribution in [3.63, 3.8) is 0 Å². The largest absolute Gasteiger partial charge is 0.368 e. The molecule has 0 bridgehead atoms. The van der Waals surface area contributed by atoms with Crippen LogP contribution in [0.15, 0.2) is 42.9 Å². The zero-order chi connectivity index (χ0) is 20.9. The van der Waals surface area contributed by atoms with E-state index >= 15 is 0 Å². The van der Waals surface area contributed by atoms with Gasteiger partial charge in [0, 0.05) is 57.9 Å². The van der Waals surface area contributed by atoms with Crippen LogP contribution in [-0.4, -0.2) is 64.0 Å². The number of rotatable bonds is 6. The maximum atomic E-state index is 11.6. The van der Waals surface area contributed by atoms with E-state index in [0.29, 0.717) is 11.6 Å². The molecule has 0 saturated carbocycles. The normalized spacial score (nSPS) is 14.5. The molecule has 1 aliphatic heterocycles. The van der Waals surface area contributed by atoms with E-state index < -0.39 is 0 Å². The standard InChI is InChI=1S/C21H26N8O/c1-15-12-25-21(26-15)27-19-11-16(5-6-23-19)14-28-7-9-29(10-8-28)17-3-4-18(24-13-17)20(30)22-2/h3-6,11-13H,7-10,14H2,1-2H3,(H,22,30)(H2,23,25,26,27). The van der Waals surface area contributed by atoms with Gasteiger partial charge in [-0.05, 0) is 36.8 Å².